The maximum absolute atomic E-state index is 11.9. The minimum atomic E-state index is -0.361. The Morgan fingerprint density at radius 3 is 2.14 bits per heavy atom. The monoisotopic (exact) mass is 200 g/mol. The molecule has 0 aromatic heterocycles. The predicted octanol–water partition coefficient (Wildman–Crippen LogP) is 2.00. The zero-order valence-electron chi connectivity index (χ0n) is 9.55. The van der Waals surface area contributed by atoms with Gasteiger partial charge in [0.25, 0.3) is 0 Å². The molecule has 0 aliphatic carbocycles. The van der Waals surface area contributed by atoms with Crippen molar-refractivity contribution < 1.29 is 14.3 Å². The van der Waals surface area contributed by atoms with Gasteiger partial charge in [-0.2, -0.15) is 0 Å². The average Bonchev–Trinajstić information content (AvgIpc) is 2.16. The molecule has 1 fully saturated rings. The largest absolute Gasteiger partial charge is 0.469 e. The van der Waals surface area contributed by atoms with E-state index in [4.69, 9.17) is 9.47 Å². The summed E-state index contributed by atoms with van der Waals surface area (Å²) in [4.78, 5) is 11.9. The van der Waals surface area contributed by atoms with E-state index < -0.39 is 0 Å². The van der Waals surface area contributed by atoms with Crippen LogP contribution in [-0.2, 0) is 14.3 Å². The quantitative estimate of drug-likeness (QED) is 0.607. The lowest BCUT2D eigenvalue weighted by atomic mass is 9.62. The summed E-state index contributed by atoms with van der Waals surface area (Å²) >= 11 is 0. The summed E-state index contributed by atoms with van der Waals surface area (Å²) in [5.41, 5.74) is -0.427. The molecule has 0 bridgehead atoms. The van der Waals surface area contributed by atoms with Gasteiger partial charge in [0.05, 0.1) is 12.5 Å². The lowest BCUT2D eigenvalue weighted by Crippen LogP contribution is -2.47. The van der Waals surface area contributed by atoms with Gasteiger partial charge in [0.1, 0.15) is 0 Å². The molecular formula is C11H20O3. The number of esters is 1. The molecule has 0 saturated carbocycles. The first-order chi connectivity index (χ1) is 6.44. The maximum Gasteiger partial charge on any atom is 0.312 e. The zero-order chi connectivity index (χ0) is 10.8. The molecule has 0 unspecified atom stereocenters. The van der Waals surface area contributed by atoms with E-state index in [0.29, 0.717) is 13.2 Å². The summed E-state index contributed by atoms with van der Waals surface area (Å²) in [6.07, 6.45) is 1.53. The van der Waals surface area contributed by atoms with Crippen molar-refractivity contribution in [3.05, 3.63) is 0 Å². The van der Waals surface area contributed by atoms with Gasteiger partial charge < -0.3 is 9.47 Å². The van der Waals surface area contributed by atoms with Crippen LogP contribution in [0.15, 0.2) is 0 Å². The molecular weight excluding hydrogens is 180 g/mol. The first-order valence-corrected chi connectivity index (χ1v) is 5.10. The summed E-state index contributed by atoms with van der Waals surface area (Å²) in [6.45, 7) is 7.60. The van der Waals surface area contributed by atoms with Gasteiger partial charge in [-0.15, -0.1) is 0 Å². The average molecular weight is 200 g/mol. The van der Waals surface area contributed by atoms with Crippen molar-refractivity contribution in [2.45, 2.75) is 33.6 Å². The molecule has 14 heavy (non-hydrogen) atoms. The van der Waals surface area contributed by atoms with E-state index >= 15 is 0 Å². The Bertz CT molecular complexity index is 209. The fraction of sp³-hybridized carbons (Fsp3) is 0.909. The Morgan fingerprint density at radius 2 is 1.79 bits per heavy atom. The summed E-state index contributed by atoms with van der Waals surface area (Å²) in [6, 6.07) is 0. The molecule has 0 aromatic rings. The second-order valence-corrected chi connectivity index (χ2v) is 4.94. The number of rotatable bonds is 1. The molecule has 0 aromatic carbocycles. The Kier molecular flexibility index (Phi) is 3.20. The van der Waals surface area contributed by atoms with Gasteiger partial charge in [-0.1, -0.05) is 20.8 Å². The van der Waals surface area contributed by atoms with Crippen LogP contribution in [0.5, 0.6) is 0 Å². The van der Waals surface area contributed by atoms with Gasteiger partial charge in [-0.3, -0.25) is 4.79 Å². The molecule has 0 atom stereocenters. The molecule has 3 nitrogen and oxygen atoms in total. The smallest absolute Gasteiger partial charge is 0.312 e. The minimum absolute atomic E-state index is 0.0656. The van der Waals surface area contributed by atoms with Crippen molar-refractivity contribution in [3.63, 3.8) is 0 Å². The van der Waals surface area contributed by atoms with Gasteiger partial charge in [0, 0.05) is 13.2 Å². The van der Waals surface area contributed by atoms with Gasteiger partial charge in [0.2, 0.25) is 0 Å². The van der Waals surface area contributed by atoms with E-state index in [2.05, 4.69) is 20.8 Å². The van der Waals surface area contributed by atoms with E-state index in [1.54, 1.807) is 0 Å². The molecule has 1 aliphatic heterocycles. The van der Waals surface area contributed by atoms with Crippen LogP contribution >= 0.6 is 0 Å². The number of hydrogen-bond acceptors (Lipinski definition) is 3. The second-order valence-electron chi connectivity index (χ2n) is 4.94. The van der Waals surface area contributed by atoms with Crippen LogP contribution < -0.4 is 0 Å². The van der Waals surface area contributed by atoms with Crippen LogP contribution in [0.4, 0.5) is 0 Å². The second kappa shape index (κ2) is 3.89. The van der Waals surface area contributed by atoms with Gasteiger partial charge in [0.15, 0.2) is 0 Å². The maximum atomic E-state index is 11.9. The molecule has 0 radical (unpaired) electrons. The zero-order valence-corrected chi connectivity index (χ0v) is 9.55. The number of carbonyl (C=O) groups is 1. The van der Waals surface area contributed by atoms with E-state index in [-0.39, 0.29) is 16.8 Å². The van der Waals surface area contributed by atoms with Crippen molar-refractivity contribution in [1.82, 2.24) is 0 Å². The summed E-state index contributed by atoms with van der Waals surface area (Å²) < 4.78 is 10.2. The van der Waals surface area contributed by atoms with Crippen LogP contribution in [-0.4, -0.2) is 26.3 Å². The topological polar surface area (TPSA) is 35.5 Å². The van der Waals surface area contributed by atoms with Crippen molar-refractivity contribution in [1.29, 1.82) is 0 Å². The number of carbonyl (C=O) groups excluding carboxylic acids is 1. The normalized spacial score (nSPS) is 21.7. The SMILES string of the molecule is COC(=O)C1(C(C)(C)C)CCOCC1. The predicted molar refractivity (Wildman–Crippen MR) is 54.0 cm³/mol. The van der Waals surface area contributed by atoms with Crippen LogP contribution in [0.25, 0.3) is 0 Å². The number of ether oxygens (including phenoxy) is 2. The van der Waals surface area contributed by atoms with Crippen LogP contribution in [0.1, 0.15) is 33.6 Å². The summed E-state index contributed by atoms with van der Waals surface area (Å²) in [5, 5.41) is 0. The summed E-state index contributed by atoms with van der Waals surface area (Å²) in [7, 11) is 1.46. The van der Waals surface area contributed by atoms with E-state index in [9.17, 15) is 4.79 Å². The summed E-state index contributed by atoms with van der Waals surface area (Å²) in [5.74, 6) is -0.0895. The molecule has 0 spiro atoms. The molecule has 1 heterocycles. The third-order valence-electron chi connectivity index (χ3n) is 3.36. The Labute approximate surface area is 85.8 Å². The van der Waals surface area contributed by atoms with Crippen molar-refractivity contribution in [3.8, 4) is 0 Å². The Balaban J connectivity index is 2.94. The third kappa shape index (κ3) is 1.78. The fourth-order valence-electron chi connectivity index (χ4n) is 2.18. The van der Waals surface area contributed by atoms with E-state index in [1.807, 2.05) is 0 Å². The highest BCUT2D eigenvalue weighted by Gasteiger charge is 2.50. The highest BCUT2D eigenvalue weighted by Crippen LogP contribution is 2.47. The fourth-order valence-corrected chi connectivity index (χ4v) is 2.18. The standard InChI is InChI=1S/C11H20O3/c1-10(2,3)11(9(12)13-4)5-7-14-8-6-11/h5-8H2,1-4H3. The minimum Gasteiger partial charge on any atom is -0.469 e. The third-order valence-corrected chi connectivity index (χ3v) is 3.36. The lowest BCUT2D eigenvalue weighted by Gasteiger charge is -2.44. The van der Waals surface area contributed by atoms with Gasteiger partial charge in [-0.25, -0.2) is 0 Å². The Morgan fingerprint density at radius 1 is 1.29 bits per heavy atom. The number of methoxy groups -OCH3 is 1. The van der Waals surface area contributed by atoms with Gasteiger partial charge in [-0.05, 0) is 18.3 Å². The molecule has 3 heteroatoms. The van der Waals surface area contributed by atoms with Crippen molar-refractivity contribution in [2.24, 2.45) is 10.8 Å². The van der Waals surface area contributed by atoms with E-state index in [0.717, 1.165) is 12.8 Å². The van der Waals surface area contributed by atoms with Crippen LogP contribution in [0, 0.1) is 10.8 Å². The first-order valence-electron chi connectivity index (χ1n) is 5.10. The van der Waals surface area contributed by atoms with Gasteiger partial charge >= 0.3 is 5.97 Å². The highest BCUT2D eigenvalue weighted by atomic mass is 16.5. The molecule has 1 rings (SSSR count). The van der Waals surface area contributed by atoms with Crippen LogP contribution in [0.2, 0.25) is 0 Å². The van der Waals surface area contributed by atoms with Crippen molar-refractivity contribution >= 4 is 5.97 Å². The lowest BCUT2D eigenvalue weighted by molar-refractivity contribution is -0.169. The molecule has 0 amide bonds. The molecule has 1 saturated heterocycles. The number of hydrogen-bond donors (Lipinski definition) is 0. The molecule has 1 aliphatic rings. The molecule has 0 N–H and O–H groups in total. The van der Waals surface area contributed by atoms with E-state index in [1.165, 1.54) is 7.11 Å². The first kappa shape index (κ1) is 11.5. The highest BCUT2D eigenvalue weighted by molar-refractivity contribution is 5.77. The van der Waals surface area contributed by atoms with Crippen LogP contribution in [0.3, 0.4) is 0 Å². The van der Waals surface area contributed by atoms with Crippen molar-refractivity contribution in [2.75, 3.05) is 20.3 Å². The molecule has 82 valence electrons. The Hall–Kier alpha value is -0.570.